The van der Waals surface area contributed by atoms with Gasteiger partial charge in [0.1, 0.15) is 12.6 Å². The summed E-state index contributed by atoms with van der Waals surface area (Å²) in [6, 6.07) is 5.66. The Balaban J connectivity index is 1.37. The van der Waals surface area contributed by atoms with Gasteiger partial charge in [-0.2, -0.15) is 13.2 Å². The molecule has 3 amide bonds. The average molecular weight is 613 g/mol. The van der Waals surface area contributed by atoms with E-state index >= 15 is 0 Å². The molecule has 5 rings (SSSR count). The second-order valence-electron chi connectivity index (χ2n) is 10.8. The zero-order valence-corrected chi connectivity index (χ0v) is 23.8. The molecule has 2 heterocycles. The van der Waals surface area contributed by atoms with Crippen molar-refractivity contribution in [3.63, 3.8) is 0 Å². The fourth-order valence-electron chi connectivity index (χ4n) is 5.49. The van der Waals surface area contributed by atoms with Gasteiger partial charge >= 0.3 is 6.18 Å². The van der Waals surface area contributed by atoms with Crippen molar-refractivity contribution in [2.45, 2.75) is 56.8 Å². The van der Waals surface area contributed by atoms with Gasteiger partial charge in [-0.3, -0.25) is 14.4 Å². The molecule has 2 saturated carbocycles. The predicted octanol–water partition coefficient (Wildman–Crippen LogP) is 5.08. The van der Waals surface area contributed by atoms with Gasteiger partial charge < -0.3 is 25.6 Å². The summed E-state index contributed by atoms with van der Waals surface area (Å²) >= 11 is 7.05. The number of hydrogen-bond acceptors (Lipinski definition) is 6. The van der Waals surface area contributed by atoms with Crippen LogP contribution in [-0.2, 0) is 20.5 Å². The van der Waals surface area contributed by atoms with Crippen LogP contribution in [0.3, 0.4) is 0 Å². The Morgan fingerprint density at radius 1 is 1.10 bits per heavy atom. The summed E-state index contributed by atoms with van der Waals surface area (Å²) in [4.78, 5) is 40.1. The van der Waals surface area contributed by atoms with Gasteiger partial charge in [0.2, 0.25) is 5.91 Å². The smallest absolute Gasteiger partial charge is 0.370 e. The van der Waals surface area contributed by atoms with Gasteiger partial charge in [0.05, 0.1) is 27.1 Å². The molecule has 8 nitrogen and oxygen atoms in total. The molecular weight excluding hydrogens is 581 g/mol. The molecule has 2 aromatic rings. The van der Waals surface area contributed by atoms with Crippen LogP contribution in [0, 0.1) is 11.8 Å². The minimum absolute atomic E-state index is 0.0399. The summed E-state index contributed by atoms with van der Waals surface area (Å²) in [7, 11) is 0. The third-order valence-electron chi connectivity index (χ3n) is 8.15. The number of carbonyl (C=O) groups excluding carboxylic acids is 3. The Labute approximate surface area is 244 Å². The molecule has 41 heavy (non-hydrogen) atoms. The van der Waals surface area contributed by atoms with Crippen molar-refractivity contribution >= 4 is 52.0 Å². The van der Waals surface area contributed by atoms with Crippen molar-refractivity contribution in [1.82, 2.24) is 10.6 Å². The normalized spacial score (nSPS) is 19.0. The van der Waals surface area contributed by atoms with Gasteiger partial charge in [-0.1, -0.05) is 24.4 Å². The van der Waals surface area contributed by atoms with Gasteiger partial charge in [-0.25, -0.2) is 0 Å². The Bertz CT molecular complexity index is 1270. The van der Waals surface area contributed by atoms with E-state index in [1.54, 1.807) is 12.1 Å². The lowest BCUT2D eigenvalue weighted by molar-refractivity contribution is -0.137. The lowest BCUT2D eigenvalue weighted by atomic mass is 9.68. The maximum Gasteiger partial charge on any atom is 0.418 e. The first kappa shape index (κ1) is 29.8. The lowest BCUT2D eigenvalue weighted by Gasteiger charge is -2.44. The van der Waals surface area contributed by atoms with E-state index in [0.717, 1.165) is 62.0 Å². The highest BCUT2D eigenvalue weighted by Gasteiger charge is 2.40. The van der Waals surface area contributed by atoms with Crippen molar-refractivity contribution in [2.75, 3.05) is 36.5 Å². The molecule has 1 aliphatic heterocycles. The first-order chi connectivity index (χ1) is 19.6. The topological polar surface area (TPSA) is 99.8 Å². The monoisotopic (exact) mass is 612 g/mol. The number of halogens is 4. The summed E-state index contributed by atoms with van der Waals surface area (Å²) in [6.07, 6.45) is 1.55. The first-order valence-electron chi connectivity index (χ1n) is 13.8. The number of thiophene rings is 1. The number of anilines is 2. The Hall–Kier alpha value is -2.67. The van der Waals surface area contributed by atoms with E-state index in [0.29, 0.717) is 21.0 Å². The lowest BCUT2D eigenvalue weighted by Crippen LogP contribution is -2.57. The molecule has 1 atom stereocenters. The van der Waals surface area contributed by atoms with E-state index < -0.39 is 41.2 Å². The van der Waals surface area contributed by atoms with Crippen LogP contribution in [0.15, 0.2) is 30.3 Å². The van der Waals surface area contributed by atoms with Crippen LogP contribution in [0.2, 0.25) is 4.34 Å². The van der Waals surface area contributed by atoms with Crippen LogP contribution in [-0.4, -0.2) is 56.1 Å². The van der Waals surface area contributed by atoms with Crippen molar-refractivity contribution < 1.29 is 32.3 Å². The van der Waals surface area contributed by atoms with Gasteiger partial charge in [0, 0.05) is 24.8 Å². The number of rotatable bonds is 10. The highest BCUT2D eigenvalue weighted by atomic mass is 35.5. The molecule has 0 radical (unpaired) electrons. The SMILES string of the molecule is O=C(NC[C@@H](NC(C1CCC1)C1CCC1)C(=O)Nc1ccc(N2CCOCC2=O)cc1C(F)(F)F)c1ccc(Cl)s1. The summed E-state index contributed by atoms with van der Waals surface area (Å²) in [5.41, 5.74) is -1.40. The molecule has 3 aliphatic rings. The standard InChI is InChI=1S/C28H32ClF3N4O4S/c29-23-10-9-22(41-23)27(39)33-14-21(34-25(16-3-1-4-16)17-5-2-6-17)26(38)35-20-8-7-18(13-19(20)28(30,31)32)36-11-12-40-15-24(36)37/h7-10,13,16-17,21,25,34H,1-6,11-12,14-15H2,(H,33,39)(H,35,38)/t21-/m1/s1. The van der Waals surface area contributed by atoms with E-state index in [2.05, 4.69) is 16.0 Å². The fourth-order valence-corrected chi connectivity index (χ4v) is 6.45. The second kappa shape index (κ2) is 12.7. The van der Waals surface area contributed by atoms with Crippen LogP contribution >= 0.6 is 22.9 Å². The third kappa shape index (κ3) is 7.04. The first-order valence-corrected chi connectivity index (χ1v) is 15.0. The number of morpholine rings is 1. The van der Waals surface area contributed by atoms with Crippen LogP contribution in [0.25, 0.3) is 0 Å². The molecule has 3 fully saturated rings. The molecule has 0 unspecified atom stereocenters. The van der Waals surface area contributed by atoms with Gasteiger partial charge in [0.25, 0.3) is 11.8 Å². The van der Waals surface area contributed by atoms with Crippen LogP contribution in [0.4, 0.5) is 24.5 Å². The number of hydrogen-bond donors (Lipinski definition) is 3. The number of nitrogens with one attached hydrogen (secondary N) is 3. The number of carbonyl (C=O) groups is 3. The van der Waals surface area contributed by atoms with Crippen molar-refractivity contribution in [2.24, 2.45) is 11.8 Å². The van der Waals surface area contributed by atoms with Crippen molar-refractivity contribution in [3.8, 4) is 0 Å². The number of benzene rings is 1. The van der Waals surface area contributed by atoms with Crippen molar-refractivity contribution in [1.29, 1.82) is 0 Å². The molecular formula is C28H32ClF3N4O4S. The zero-order chi connectivity index (χ0) is 29.1. The van der Waals surface area contributed by atoms with Gasteiger partial charge in [-0.15, -0.1) is 11.3 Å². The molecule has 2 aliphatic carbocycles. The molecule has 1 saturated heterocycles. The minimum atomic E-state index is -4.79. The fraction of sp³-hybridized carbons (Fsp3) is 0.536. The zero-order valence-electron chi connectivity index (χ0n) is 22.3. The van der Waals surface area contributed by atoms with Gasteiger partial charge in [-0.05, 0) is 67.9 Å². The summed E-state index contributed by atoms with van der Waals surface area (Å²) in [6.45, 7) is 0.0236. The van der Waals surface area contributed by atoms with Crippen LogP contribution in [0.5, 0.6) is 0 Å². The number of nitrogens with zero attached hydrogens (tertiary/aromatic N) is 1. The third-order valence-corrected chi connectivity index (χ3v) is 9.38. The van der Waals surface area contributed by atoms with E-state index in [1.165, 1.54) is 11.0 Å². The Morgan fingerprint density at radius 3 is 2.37 bits per heavy atom. The Morgan fingerprint density at radius 2 is 1.80 bits per heavy atom. The molecule has 1 aromatic carbocycles. The molecule has 0 bridgehead atoms. The van der Waals surface area contributed by atoms with E-state index in [4.69, 9.17) is 16.3 Å². The minimum Gasteiger partial charge on any atom is -0.370 e. The summed E-state index contributed by atoms with van der Waals surface area (Å²) < 4.78 is 48.0. The highest BCUT2D eigenvalue weighted by Crippen LogP contribution is 2.41. The number of alkyl halides is 3. The van der Waals surface area contributed by atoms with Gasteiger partial charge in [0.15, 0.2) is 0 Å². The average Bonchev–Trinajstić information content (AvgIpc) is 3.30. The number of ether oxygens (including phenoxy) is 1. The second-order valence-corrected chi connectivity index (χ2v) is 12.5. The van der Waals surface area contributed by atoms with E-state index in [1.807, 2.05) is 0 Å². The number of amides is 3. The summed E-state index contributed by atoms with van der Waals surface area (Å²) in [5.74, 6) is -0.761. The quantitative estimate of drug-likeness (QED) is 0.348. The predicted molar refractivity (Wildman–Crippen MR) is 150 cm³/mol. The molecule has 0 spiro atoms. The Kier molecular flexibility index (Phi) is 9.22. The maximum absolute atomic E-state index is 14.2. The van der Waals surface area contributed by atoms with E-state index in [9.17, 15) is 27.6 Å². The van der Waals surface area contributed by atoms with Crippen LogP contribution < -0.4 is 20.9 Å². The molecule has 222 valence electrons. The molecule has 13 heteroatoms. The molecule has 1 aromatic heterocycles. The highest BCUT2D eigenvalue weighted by molar-refractivity contribution is 7.18. The maximum atomic E-state index is 14.2. The molecule has 3 N–H and O–H groups in total. The van der Waals surface area contributed by atoms with Crippen molar-refractivity contribution in [3.05, 3.63) is 45.1 Å². The summed E-state index contributed by atoms with van der Waals surface area (Å²) in [5, 5.41) is 8.63. The largest absolute Gasteiger partial charge is 0.418 e. The van der Waals surface area contributed by atoms with Crippen LogP contribution in [0.1, 0.15) is 53.8 Å². The van der Waals surface area contributed by atoms with E-state index in [-0.39, 0.29) is 38.0 Å².